The van der Waals surface area contributed by atoms with E-state index < -0.39 is 4.92 Å². The third-order valence-corrected chi connectivity index (χ3v) is 3.04. The lowest BCUT2D eigenvalue weighted by Crippen LogP contribution is -2.11. The minimum absolute atomic E-state index is 0.121. The van der Waals surface area contributed by atoms with Gasteiger partial charge in [0, 0.05) is 36.3 Å². The van der Waals surface area contributed by atoms with Gasteiger partial charge in [0.05, 0.1) is 10.4 Å². The molecule has 17 heavy (non-hydrogen) atoms. The summed E-state index contributed by atoms with van der Waals surface area (Å²) in [6.07, 6.45) is 1.83. The second-order valence-corrected chi connectivity index (χ2v) is 4.47. The van der Waals surface area contributed by atoms with Crippen LogP contribution in [0.15, 0.2) is 36.0 Å². The number of rotatable bonds is 5. The first-order valence-corrected chi connectivity index (χ1v) is 5.95. The summed E-state index contributed by atoms with van der Waals surface area (Å²) in [6, 6.07) is 6.56. The molecule has 0 fully saturated rings. The molecule has 0 unspecified atom stereocenters. The van der Waals surface area contributed by atoms with Crippen molar-refractivity contribution >= 4 is 17.0 Å². The average Bonchev–Trinajstić information content (AvgIpc) is 2.83. The van der Waals surface area contributed by atoms with Crippen LogP contribution in [0.1, 0.15) is 10.4 Å². The summed E-state index contributed by atoms with van der Waals surface area (Å²) in [5.41, 5.74) is 2.94. The Labute approximate surface area is 102 Å². The Hall–Kier alpha value is -1.79. The van der Waals surface area contributed by atoms with Gasteiger partial charge in [-0.15, -0.1) is 11.3 Å². The van der Waals surface area contributed by atoms with Crippen LogP contribution in [0.2, 0.25) is 0 Å². The van der Waals surface area contributed by atoms with Crippen LogP contribution >= 0.6 is 11.3 Å². The van der Waals surface area contributed by atoms with Gasteiger partial charge in [0.15, 0.2) is 0 Å². The number of benzene rings is 1. The number of nitro groups is 1. The molecule has 1 aromatic heterocycles. The highest BCUT2D eigenvalue weighted by Crippen LogP contribution is 2.12. The fourth-order valence-corrected chi connectivity index (χ4v) is 1.96. The van der Waals surface area contributed by atoms with Crippen molar-refractivity contribution in [2.45, 2.75) is 13.1 Å². The number of aromatic nitrogens is 1. The van der Waals surface area contributed by atoms with E-state index in [1.54, 1.807) is 29.0 Å². The van der Waals surface area contributed by atoms with Crippen molar-refractivity contribution in [1.29, 1.82) is 0 Å². The third-order valence-electron chi connectivity index (χ3n) is 2.26. The first-order chi connectivity index (χ1) is 8.25. The second-order valence-electron chi connectivity index (χ2n) is 3.49. The standard InChI is InChI=1S/C11H11N3O2S/c15-14(16)10-3-1-9(2-4-10)5-12-6-11-7-13-8-17-11/h1-4,7-8,12H,5-6H2. The lowest BCUT2D eigenvalue weighted by Gasteiger charge is -2.02. The van der Waals surface area contributed by atoms with Crippen LogP contribution in [0.3, 0.4) is 0 Å². The van der Waals surface area contributed by atoms with E-state index in [1.165, 1.54) is 17.0 Å². The molecular weight excluding hydrogens is 238 g/mol. The quantitative estimate of drug-likeness (QED) is 0.652. The molecule has 1 heterocycles. The topological polar surface area (TPSA) is 68.1 Å². The van der Waals surface area contributed by atoms with E-state index in [1.807, 2.05) is 6.20 Å². The van der Waals surface area contributed by atoms with E-state index in [-0.39, 0.29) is 5.69 Å². The first-order valence-electron chi connectivity index (χ1n) is 5.07. The summed E-state index contributed by atoms with van der Waals surface area (Å²) >= 11 is 1.60. The number of non-ortho nitro benzene ring substituents is 1. The molecule has 0 aliphatic heterocycles. The van der Waals surface area contributed by atoms with Crippen molar-refractivity contribution in [2.24, 2.45) is 0 Å². The lowest BCUT2D eigenvalue weighted by molar-refractivity contribution is -0.384. The molecule has 0 atom stereocenters. The molecule has 88 valence electrons. The van der Waals surface area contributed by atoms with Gasteiger partial charge in [-0.25, -0.2) is 0 Å². The van der Waals surface area contributed by atoms with E-state index in [0.717, 1.165) is 12.1 Å². The molecule has 0 saturated carbocycles. The molecule has 5 nitrogen and oxygen atoms in total. The normalized spacial score (nSPS) is 10.4. The molecule has 0 aliphatic carbocycles. The van der Waals surface area contributed by atoms with Crippen molar-refractivity contribution in [3.63, 3.8) is 0 Å². The maximum Gasteiger partial charge on any atom is 0.269 e. The van der Waals surface area contributed by atoms with Gasteiger partial charge in [-0.05, 0) is 5.56 Å². The smallest absolute Gasteiger partial charge is 0.269 e. The van der Waals surface area contributed by atoms with Gasteiger partial charge in [-0.1, -0.05) is 12.1 Å². The molecule has 2 aromatic rings. The summed E-state index contributed by atoms with van der Waals surface area (Å²) in [4.78, 5) is 15.2. The van der Waals surface area contributed by atoms with E-state index in [4.69, 9.17) is 0 Å². The fourth-order valence-electron chi connectivity index (χ4n) is 1.39. The van der Waals surface area contributed by atoms with Crippen LogP contribution < -0.4 is 5.32 Å². The highest BCUT2D eigenvalue weighted by Gasteiger charge is 2.03. The Bertz CT molecular complexity index is 482. The van der Waals surface area contributed by atoms with Gasteiger partial charge in [0.25, 0.3) is 5.69 Å². The van der Waals surface area contributed by atoms with Gasteiger partial charge in [-0.2, -0.15) is 0 Å². The Morgan fingerprint density at radius 3 is 2.65 bits per heavy atom. The number of thiazole rings is 1. The summed E-state index contributed by atoms with van der Waals surface area (Å²) in [6.45, 7) is 1.46. The zero-order valence-electron chi connectivity index (χ0n) is 9.00. The molecule has 0 amide bonds. The molecule has 1 aromatic carbocycles. The molecule has 0 bridgehead atoms. The fraction of sp³-hybridized carbons (Fsp3) is 0.182. The summed E-state index contributed by atoms with van der Waals surface area (Å²) in [7, 11) is 0. The first kappa shape index (κ1) is 11.7. The Morgan fingerprint density at radius 2 is 2.06 bits per heavy atom. The number of nitrogens with zero attached hydrogens (tertiary/aromatic N) is 2. The zero-order chi connectivity index (χ0) is 12.1. The van der Waals surface area contributed by atoms with Crippen LogP contribution in [0.5, 0.6) is 0 Å². The lowest BCUT2D eigenvalue weighted by atomic mass is 10.2. The summed E-state index contributed by atoms with van der Waals surface area (Å²) in [5.74, 6) is 0. The van der Waals surface area contributed by atoms with E-state index in [9.17, 15) is 10.1 Å². The predicted molar refractivity (Wildman–Crippen MR) is 65.8 cm³/mol. The summed E-state index contributed by atoms with van der Waals surface area (Å²) < 4.78 is 0. The Kier molecular flexibility index (Phi) is 3.79. The van der Waals surface area contributed by atoms with Gasteiger partial charge in [0.2, 0.25) is 0 Å². The minimum atomic E-state index is -0.394. The highest BCUT2D eigenvalue weighted by atomic mass is 32.1. The van der Waals surface area contributed by atoms with Gasteiger partial charge >= 0.3 is 0 Å². The minimum Gasteiger partial charge on any atom is -0.308 e. The summed E-state index contributed by atoms with van der Waals surface area (Å²) in [5, 5.41) is 13.7. The largest absolute Gasteiger partial charge is 0.308 e. The SMILES string of the molecule is O=[N+]([O-])c1ccc(CNCc2cncs2)cc1. The van der Waals surface area contributed by atoms with Gasteiger partial charge in [0.1, 0.15) is 0 Å². The highest BCUT2D eigenvalue weighted by molar-refractivity contribution is 7.09. The van der Waals surface area contributed by atoms with Crippen molar-refractivity contribution in [2.75, 3.05) is 0 Å². The number of nitro benzene ring substituents is 1. The maximum atomic E-state index is 10.5. The van der Waals surface area contributed by atoms with Crippen LogP contribution in [-0.4, -0.2) is 9.91 Å². The van der Waals surface area contributed by atoms with Crippen molar-refractivity contribution in [1.82, 2.24) is 10.3 Å². The van der Waals surface area contributed by atoms with E-state index >= 15 is 0 Å². The van der Waals surface area contributed by atoms with Gasteiger partial charge in [-0.3, -0.25) is 15.1 Å². The molecule has 1 N–H and O–H groups in total. The number of nitrogens with one attached hydrogen (secondary N) is 1. The molecular formula is C11H11N3O2S. The van der Waals surface area contributed by atoms with Crippen LogP contribution in [-0.2, 0) is 13.1 Å². The zero-order valence-corrected chi connectivity index (χ0v) is 9.81. The molecule has 0 aliphatic rings. The van der Waals surface area contributed by atoms with Crippen molar-refractivity contribution in [3.05, 3.63) is 56.5 Å². The second kappa shape index (κ2) is 5.51. The van der Waals surface area contributed by atoms with Crippen molar-refractivity contribution in [3.8, 4) is 0 Å². The third kappa shape index (κ3) is 3.33. The number of hydrogen-bond donors (Lipinski definition) is 1. The van der Waals surface area contributed by atoms with Crippen LogP contribution in [0.4, 0.5) is 5.69 Å². The Balaban J connectivity index is 1.85. The predicted octanol–water partition coefficient (Wildman–Crippen LogP) is 2.34. The molecule has 0 spiro atoms. The van der Waals surface area contributed by atoms with Crippen LogP contribution in [0.25, 0.3) is 0 Å². The van der Waals surface area contributed by atoms with Crippen LogP contribution in [0, 0.1) is 10.1 Å². The van der Waals surface area contributed by atoms with Gasteiger partial charge < -0.3 is 5.32 Å². The molecule has 0 radical (unpaired) electrons. The number of hydrogen-bond acceptors (Lipinski definition) is 5. The van der Waals surface area contributed by atoms with Crippen molar-refractivity contribution < 1.29 is 4.92 Å². The Morgan fingerprint density at radius 1 is 1.29 bits per heavy atom. The molecule has 0 saturated heterocycles. The molecule has 2 rings (SSSR count). The van der Waals surface area contributed by atoms with E-state index in [2.05, 4.69) is 10.3 Å². The molecule has 6 heteroatoms. The average molecular weight is 249 g/mol. The van der Waals surface area contributed by atoms with E-state index in [0.29, 0.717) is 6.54 Å². The maximum absolute atomic E-state index is 10.5. The monoisotopic (exact) mass is 249 g/mol.